The number of pyridine rings is 1. The Bertz CT molecular complexity index is 746. The third-order valence-electron chi connectivity index (χ3n) is 5.77. The minimum absolute atomic E-state index is 0.140. The van der Waals surface area contributed by atoms with E-state index in [4.69, 9.17) is 0 Å². The standard InChI is InChI=1S/C22H27N3O/c26-22(20-8-10-23-11-9-20)25-13-3-12-24(14-15-25)17-18-6-7-19-4-1-2-5-21(19)16-18/h1-2,4-5,8-11,18H,3,6-7,12-17H2/t18-/m0/s1. The first-order valence-corrected chi connectivity index (χ1v) is 9.78. The van der Waals surface area contributed by atoms with Crippen LogP contribution in [0.3, 0.4) is 0 Å². The molecule has 1 aliphatic heterocycles. The number of hydrogen-bond donors (Lipinski definition) is 0. The van der Waals surface area contributed by atoms with Gasteiger partial charge in [0.05, 0.1) is 0 Å². The molecular weight excluding hydrogens is 322 g/mol. The summed E-state index contributed by atoms with van der Waals surface area (Å²) in [5.41, 5.74) is 3.82. The van der Waals surface area contributed by atoms with Crippen LogP contribution in [0.15, 0.2) is 48.8 Å². The van der Waals surface area contributed by atoms with E-state index in [9.17, 15) is 4.79 Å². The molecule has 4 nitrogen and oxygen atoms in total. The summed E-state index contributed by atoms with van der Waals surface area (Å²) in [5.74, 6) is 0.883. The highest BCUT2D eigenvalue weighted by Gasteiger charge is 2.24. The SMILES string of the molecule is O=C(c1ccncc1)N1CCCN(C[C@H]2CCc3ccccc3C2)CC1. The van der Waals surface area contributed by atoms with Crippen molar-refractivity contribution in [2.24, 2.45) is 5.92 Å². The minimum Gasteiger partial charge on any atom is -0.337 e. The number of amides is 1. The second-order valence-electron chi connectivity index (χ2n) is 7.56. The quantitative estimate of drug-likeness (QED) is 0.855. The van der Waals surface area contributed by atoms with Crippen LogP contribution in [0.1, 0.15) is 34.3 Å². The second-order valence-corrected chi connectivity index (χ2v) is 7.56. The summed E-state index contributed by atoms with van der Waals surface area (Å²) in [4.78, 5) is 21.2. The third kappa shape index (κ3) is 3.96. The van der Waals surface area contributed by atoms with Gasteiger partial charge in [-0.3, -0.25) is 9.78 Å². The molecule has 0 radical (unpaired) electrons. The molecule has 2 heterocycles. The molecule has 1 atom stereocenters. The van der Waals surface area contributed by atoms with Gasteiger partial charge < -0.3 is 9.80 Å². The van der Waals surface area contributed by atoms with Crippen LogP contribution in [0.4, 0.5) is 0 Å². The molecule has 4 rings (SSSR count). The third-order valence-corrected chi connectivity index (χ3v) is 5.77. The van der Waals surface area contributed by atoms with Crippen LogP contribution in [-0.4, -0.2) is 53.4 Å². The summed E-state index contributed by atoms with van der Waals surface area (Å²) in [6.45, 7) is 4.91. The number of hydrogen-bond acceptors (Lipinski definition) is 3. The summed E-state index contributed by atoms with van der Waals surface area (Å²) in [6, 6.07) is 12.5. The van der Waals surface area contributed by atoms with Crippen molar-refractivity contribution in [1.82, 2.24) is 14.8 Å². The van der Waals surface area contributed by atoms with Gasteiger partial charge in [0.15, 0.2) is 0 Å². The van der Waals surface area contributed by atoms with Crippen LogP contribution in [-0.2, 0) is 12.8 Å². The lowest BCUT2D eigenvalue weighted by atomic mass is 9.83. The molecule has 0 unspecified atom stereocenters. The average Bonchev–Trinajstić information content (AvgIpc) is 2.93. The van der Waals surface area contributed by atoms with Crippen molar-refractivity contribution in [2.75, 3.05) is 32.7 Å². The molecule has 4 heteroatoms. The van der Waals surface area contributed by atoms with Gasteiger partial charge in [0.2, 0.25) is 0 Å². The van der Waals surface area contributed by atoms with E-state index < -0.39 is 0 Å². The lowest BCUT2D eigenvalue weighted by molar-refractivity contribution is 0.0760. The Morgan fingerprint density at radius 1 is 1.00 bits per heavy atom. The molecule has 0 spiro atoms. The minimum atomic E-state index is 0.140. The highest BCUT2D eigenvalue weighted by Crippen LogP contribution is 2.26. The predicted molar refractivity (Wildman–Crippen MR) is 103 cm³/mol. The molecule has 2 aromatic rings. The number of rotatable bonds is 3. The Balaban J connectivity index is 1.32. The number of benzene rings is 1. The monoisotopic (exact) mass is 349 g/mol. The zero-order chi connectivity index (χ0) is 17.8. The maximum Gasteiger partial charge on any atom is 0.254 e. The first-order valence-electron chi connectivity index (χ1n) is 9.78. The van der Waals surface area contributed by atoms with E-state index in [0.717, 1.165) is 50.6 Å². The number of carbonyl (C=O) groups is 1. The zero-order valence-electron chi connectivity index (χ0n) is 15.3. The number of carbonyl (C=O) groups excluding carboxylic acids is 1. The molecule has 1 aromatic heterocycles. The fourth-order valence-electron chi connectivity index (χ4n) is 4.33. The highest BCUT2D eigenvalue weighted by molar-refractivity contribution is 5.94. The topological polar surface area (TPSA) is 36.4 Å². The summed E-state index contributed by atoms with van der Waals surface area (Å²) < 4.78 is 0. The first kappa shape index (κ1) is 17.2. The number of aromatic nitrogens is 1. The average molecular weight is 349 g/mol. The molecule has 1 aromatic carbocycles. The normalized spacial score (nSPS) is 21.1. The van der Waals surface area contributed by atoms with Crippen molar-refractivity contribution in [3.63, 3.8) is 0 Å². The van der Waals surface area contributed by atoms with Crippen LogP contribution in [0, 0.1) is 5.92 Å². The van der Waals surface area contributed by atoms with E-state index >= 15 is 0 Å². The maximum atomic E-state index is 12.7. The van der Waals surface area contributed by atoms with E-state index in [1.165, 1.54) is 30.4 Å². The molecule has 0 N–H and O–H groups in total. The van der Waals surface area contributed by atoms with Crippen LogP contribution < -0.4 is 0 Å². The summed E-state index contributed by atoms with van der Waals surface area (Å²) in [5, 5.41) is 0. The van der Waals surface area contributed by atoms with Crippen molar-refractivity contribution in [3.05, 3.63) is 65.5 Å². The summed E-state index contributed by atoms with van der Waals surface area (Å²) >= 11 is 0. The summed E-state index contributed by atoms with van der Waals surface area (Å²) in [7, 11) is 0. The number of fused-ring (bicyclic) bond motifs is 1. The van der Waals surface area contributed by atoms with Crippen LogP contribution in [0.25, 0.3) is 0 Å². The van der Waals surface area contributed by atoms with Crippen molar-refractivity contribution < 1.29 is 4.79 Å². The van der Waals surface area contributed by atoms with Gasteiger partial charge >= 0.3 is 0 Å². The van der Waals surface area contributed by atoms with Gasteiger partial charge in [0.1, 0.15) is 0 Å². The Morgan fingerprint density at radius 2 is 1.81 bits per heavy atom. The van der Waals surface area contributed by atoms with E-state index in [1.807, 2.05) is 17.0 Å². The van der Waals surface area contributed by atoms with Gasteiger partial charge in [-0.05, 0) is 61.4 Å². The lowest BCUT2D eigenvalue weighted by Crippen LogP contribution is -2.37. The van der Waals surface area contributed by atoms with E-state index in [-0.39, 0.29) is 5.91 Å². The van der Waals surface area contributed by atoms with Crippen LogP contribution in [0.2, 0.25) is 0 Å². The predicted octanol–water partition coefficient (Wildman–Crippen LogP) is 3.03. The number of nitrogens with zero attached hydrogens (tertiary/aromatic N) is 3. The first-order chi connectivity index (χ1) is 12.8. The number of aryl methyl sites for hydroxylation is 1. The van der Waals surface area contributed by atoms with E-state index in [2.05, 4.69) is 34.1 Å². The van der Waals surface area contributed by atoms with Crippen LogP contribution >= 0.6 is 0 Å². The Kier molecular flexibility index (Phi) is 5.30. The molecule has 0 bridgehead atoms. The summed E-state index contributed by atoms with van der Waals surface area (Å²) in [6.07, 6.45) is 8.14. The fraction of sp³-hybridized carbons (Fsp3) is 0.455. The molecule has 1 amide bonds. The van der Waals surface area contributed by atoms with E-state index in [1.54, 1.807) is 12.4 Å². The molecule has 0 saturated carbocycles. The highest BCUT2D eigenvalue weighted by atomic mass is 16.2. The van der Waals surface area contributed by atoms with Gasteiger partial charge in [0, 0.05) is 44.1 Å². The van der Waals surface area contributed by atoms with Gasteiger partial charge in [0.25, 0.3) is 5.91 Å². The molecule has 136 valence electrons. The van der Waals surface area contributed by atoms with Gasteiger partial charge in [-0.15, -0.1) is 0 Å². The maximum absolute atomic E-state index is 12.7. The molecule has 26 heavy (non-hydrogen) atoms. The zero-order valence-corrected chi connectivity index (χ0v) is 15.3. The molecule has 2 aliphatic rings. The largest absolute Gasteiger partial charge is 0.337 e. The van der Waals surface area contributed by atoms with Crippen molar-refractivity contribution in [3.8, 4) is 0 Å². The molecule has 1 aliphatic carbocycles. The Hall–Kier alpha value is -2.20. The van der Waals surface area contributed by atoms with Gasteiger partial charge in [-0.2, -0.15) is 0 Å². The molecule has 1 fully saturated rings. The Morgan fingerprint density at radius 3 is 2.65 bits per heavy atom. The van der Waals surface area contributed by atoms with Crippen LogP contribution in [0.5, 0.6) is 0 Å². The molecular formula is C22H27N3O. The van der Waals surface area contributed by atoms with Gasteiger partial charge in [-0.1, -0.05) is 24.3 Å². The second kappa shape index (κ2) is 8.00. The molecule has 1 saturated heterocycles. The van der Waals surface area contributed by atoms with Crippen molar-refractivity contribution >= 4 is 5.91 Å². The lowest BCUT2D eigenvalue weighted by Gasteiger charge is -2.30. The van der Waals surface area contributed by atoms with Crippen molar-refractivity contribution in [2.45, 2.75) is 25.7 Å². The fourth-order valence-corrected chi connectivity index (χ4v) is 4.33. The van der Waals surface area contributed by atoms with Gasteiger partial charge in [-0.25, -0.2) is 0 Å². The van der Waals surface area contributed by atoms with E-state index in [0.29, 0.717) is 0 Å². The Labute approximate surface area is 155 Å². The smallest absolute Gasteiger partial charge is 0.254 e. The van der Waals surface area contributed by atoms with Crippen molar-refractivity contribution in [1.29, 1.82) is 0 Å².